The second-order valence-corrected chi connectivity index (χ2v) is 5.98. The van der Waals surface area contributed by atoms with Crippen molar-refractivity contribution in [2.24, 2.45) is 5.92 Å². The van der Waals surface area contributed by atoms with Crippen molar-refractivity contribution in [3.05, 3.63) is 42.5 Å². The minimum atomic E-state index is 0.0647. The summed E-state index contributed by atoms with van der Waals surface area (Å²) < 4.78 is 7.33. The molecule has 3 aromatic rings. The van der Waals surface area contributed by atoms with Gasteiger partial charge in [-0.3, -0.25) is 4.79 Å². The van der Waals surface area contributed by atoms with Crippen LogP contribution in [0.3, 0.4) is 0 Å². The normalized spacial score (nSPS) is 11.0. The largest absolute Gasteiger partial charge is 0.475 e. The van der Waals surface area contributed by atoms with E-state index >= 15 is 0 Å². The number of amides is 1. The van der Waals surface area contributed by atoms with Crippen LogP contribution in [0, 0.1) is 5.92 Å². The maximum absolute atomic E-state index is 12.0. The van der Waals surface area contributed by atoms with E-state index in [4.69, 9.17) is 4.74 Å². The maximum Gasteiger partial charge on any atom is 0.231 e. The zero-order valence-electron chi connectivity index (χ0n) is 15.1. The van der Waals surface area contributed by atoms with Crippen LogP contribution in [-0.4, -0.2) is 38.9 Å². The minimum absolute atomic E-state index is 0.0647. The molecule has 0 spiro atoms. The van der Waals surface area contributed by atoms with Crippen molar-refractivity contribution in [2.45, 2.75) is 26.7 Å². The Hall–Kier alpha value is -2.96. The average Bonchev–Trinajstić information content (AvgIpc) is 3.10. The van der Waals surface area contributed by atoms with Crippen LogP contribution < -0.4 is 10.1 Å². The number of nitrogens with one attached hydrogen (secondary N) is 1. The van der Waals surface area contributed by atoms with Crippen molar-refractivity contribution < 1.29 is 9.53 Å². The lowest BCUT2D eigenvalue weighted by Gasteiger charge is -2.12. The van der Waals surface area contributed by atoms with Gasteiger partial charge in [0.15, 0.2) is 11.5 Å². The number of carbonyl (C=O) groups excluding carboxylic acids is 1. The van der Waals surface area contributed by atoms with E-state index in [1.54, 1.807) is 10.6 Å². The average molecular weight is 353 g/mol. The first kappa shape index (κ1) is 17.8. The predicted octanol–water partition coefficient (Wildman–Crippen LogP) is 2.72. The van der Waals surface area contributed by atoms with E-state index in [1.807, 2.05) is 50.2 Å². The molecule has 0 aliphatic carbocycles. The molecule has 0 fully saturated rings. The fourth-order valence-electron chi connectivity index (χ4n) is 2.75. The first-order chi connectivity index (χ1) is 12.7. The molecule has 0 saturated heterocycles. The molecule has 26 heavy (non-hydrogen) atoms. The SMILES string of the molecule is CCC(CC)C(=O)NCCOc1ccc2nnc(-c3ccccc3)n2n1. The van der Waals surface area contributed by atoms with Gasteiger partial charge in [0.05, 0.1) is 6.54 Å². The predicted molar refractivity (Wildman–Crippen MR) is 98.8 cm³/mol. The van der Waals surface area contributed by atoms with Crippen molar-refractivity contribution in [1.29, 1.82) is 0 Å². The van der Waals surface area contributed by atoms with Crippen LogP contribution in [0.15, 0.2) is 42.5 Å². The third-order valence-corrected chi connectivity index (χ3v) is 4.28. The van der Waals surface area contributed by atoms with E-state index in [0.29, 0.717) is 30.5 Å². The first-order valence-corrected chi connectivity index (χ1v) is 8.91. The van der Waals surface area contributed by atoms with Crippen molar-refractivity contribution >= 4 is 11.6 Å². The number of aromatic nitrogens is 4. The molecule has 3 rings (SSSR count). The number of nitrogens with zero attached hydrogens (tertiary/aromatic N) is 4. The molecule has 0 aliphatic rings. The number of carbonyl (C=O) groups is 1. The second kappa shape index (κ2) is 8.42. The highest BCUT2D eigenvalue weighted by Gasteiger charge is 2.13. The third kappa shape index (κ3) is 3.99. The van der Waals surface area contributed by atoms with Crippen LogP contribution in [0.25, 0.3) is 17.0 Å². The van der Waals surface area contributed by atoms with Crippen molar-refractivity contribution in [2.75, 3.05) is 13.2 Å². The van der Waals surface area contributed by atoms with E-state index in [0.717, 1.165) is 18.4 Å². The third-order valence-electron chi connectivity index (χ3n) is 4.28. The smallest absolute Gasteiger partial charge is 0.231 e. The van der Waals surface area contributed by atoms with Gasteiger partial charge in [0.2, 0.25) is 11.8 Å². The summed E-state index contributed by atoms with van der Waals surface area (Å²) in [7, 11) is 0. The van der Waals surface area contributed by atoms with Crippen LogP contribution in [0.1, 0.15) is 26.7 Å². The summed E-state index contributed by atoms with van der Waals surface area (Å²) in [5, 5.41) is 15.7. The standard InChI is InChI=1S/C19H23N5O2/c1-3-14(4-2)19(25)20-12-13-26-17-11-10-16-21-22-18(24(16)23-17)15-8-6-5-7-9-15/h5-11,14H,3-4,12-13H2,1-2H3,(H,20,25). The number of hydrogen-bond acceptors (Lipinski definition) is 5. The molecule has 1 amide bonds. The number of fused-ring (bicyclic) bond motifs is 1. The van der Waals surface area contributed by atoms with Crippen molar-refractivity contribution in [3.8, 4) is 17.3 Å². The van der Waals surface area contributed by atoms with Crippen LogP contribution in [-0.2, 0) is 4.79 Å². The van der Waals surface area contributed by atoms with Gasteiger partial charge >= 0.3 is 0 Å². The summed E-state index contributed by atoms with van der Waals surface area (Å²) in [5.74, 6) is 1.27. The monoisotopic (exact) mass is 353 g/mol. The molecule has 0 bridgehead atoms. The Morgan fingerprint density at radius 2 is 1.88 bits per heavy atom. The van der Waals surface area contributed by atoms with Gasteiger partial charge < -0.3 is 10.1 Å². The lowest BCUT2D eigenvalue weighted by atomic mass is 10.0. The van der Waals surface area contributed by atoms with Gasteiger partial charge in [-0.1, -0.05) is 44.2 Å². The second-order valence-electron chi connectivity index (χ2n) is 5.98. The summed E-state index contributed by atoms with van der Waals surface area (Å²) in [4.78, 5) is 12.0. The first-order valence-electron chi connectivity index (χ1n) is 8.91. The number of benzene rings is 1. The molecule has 1 N–H and O–H groups in total. The summed E-state index contributed by atoms with van der Waals surface area (Å²) in [5.41, 5.74) is 1.58. The van der Waals surface area contributed by atoms with Gasteiger partial charge in [-0.25, -0.2) is 0 Å². The van der Waals surface area contributed by atoms with Gasteiger partial charge in [0.25, 0.3) is 0 Å². The number of rotatable bonds is 8. The van der Waals surface area contributed by atoms with Gasteiger partial charge in [-0.15, -0.1) is 15.3 Å². The highest BCUT2D eigenvalue weighted by molar-refractivity contribution is 5.78. The Balaban J connectivity index is 1.63. The van der Waals surface area contributed by atoms with Crippen LogP contribution in [0.5, 0.6) is 5.88 Å². The molecule has 0 unspecified atom stereocenters. The molecule has 1 aromatic carbocycles. The van der Waals surface area contributed by atoms with Crippen LogP contribution in [0.4, 0.5) is 0 Å². The van der Waals surface area contributed by atoms with Gasteiger partial charge in [0, 0.05) is 17.5 Å². The summed E-state index contributed by atoms with van der Waals surface area (Å²) in [6.45, 7) is 4.84. The Bertz CT molecular complexity index is 859. The van der Waals surface area contributed by atoms with Gasteiger partial charge in [-0.05, 0) is 18.9 Å². The van der Waals surface area contributed by atoms with E-state index in [2.05, 4.69) is 20.6 Å². The Morgan fingerprint density at radius 3 is 2.62 bits per heavy atom. The quantitative estimate of drug-likeness (QED) is 0.630. The fourth-order valence-corrected chi connectivity index (χ4v) is 2.75. The topological polar surface area (TPSA) is 81.4 Å². The minimum Gasteiger partial charge on any atom is -0.475 e. The summed E-state index contributed by atoms with van der Waals surface area (Å²) in [6, 6.07) is 13.3. The molecule has 2 heterocycles. The highest BCUT2D eigenvalue weighted by atomic mass is 16.5. The lowest BCUT2D eigenvalue weighted by Crippen LogP contribution is -2.33. The highest BCUT2D eigenvalue weighted by Crippen LogP contribution is 2.18. The molecular weight excluding hydrogens is 330 g/mol. The van der Waals surface area contributed by atoms with E-state index < -0.39 is 0 Å². The van der Waals surface area contributed by atoms with Crippen LogP contribution in [0.2, 0.25) is 0 Å². The molecule has 0 saturated carbocycles. The molecular formula is C19H23N5O2. The Labute approximate surface area is 152 Å². The van der Waals surface area contributed by atoms with E-state index in [9.17, 15) is 4.79 Å². The number of ether oxygens (including phenoxy) is 1. The molecule has 136 valence electrons. The molecule has 0 radical (unpaired) electrons. The Morgan fingerprint density at radius 1 is 1.12 bits per heavy atom. The number of hydrogen-bond donors (Lipinski definition) is 1. The molecule has 0 atom stereocenters. The van der Waals surface area contributed by atoms with E-state index in [-0.39, 0.29) is 11.8 Å². The van der Waals surface area contributed by atoms with Gasteiger partial charge in [0.1, 0.15) is 6.61 Å². The molecule has 2 aromatic heterocycles. The molecule has 0 aliphatic heterocycles. The van der Waals surface area contributed by atoms with Crippen molar-refractivity contribution in [3.63, 3.8) is 0 Å². The molecule has 7 heteroatoms. The Kier molecular flexibility index (Phi) is 5.78. The summed E-state index contributed by atoms with van der Waals surface area (Å²) >= 11 is 0. The van der Waals surface area contributed by atoms with Gasteiger partial charge in [-0.2, -0.15) is 4.52 Å². The zero-order valence-corrected chi connectivity index (χ0v) is 15.1. The molecule has 7 nitrogen and oxygen atoms in total. The zero-order chi connectivity index (χ0) is 18.4. The lowest BCUT2D eigenvalue weighted by molar-refractivity contribution is -0.125. The van der Waals surface area contributed by atoms with Crippen LogP contribution >= 0.6 is 0 Å². The maximum atomic E-state index is 12.0. The van der Waals surface area contributed by atoms with E-state index in [1.165, 1.54) is 0 Å². The summed E-state index contributed by atoms with van der Waals surface area (Å²) in [6.07, 6.45) is 1.69. The van der Waals surface area contributed by atoms with Crippen molar-refractivity contribution in [1.82, 2.24) is 25.1 Å². The fraction of sp³-hybridized carbons (Fsp3) is 0.368.